The summed E-state index contributed by atoms with van der Waals surface area (Å²) in [4.78, 5) is 26.8. The summed E-state index contributed by atoms with van der Waals surface area (Å²) in [6.45, 7) is 3.32. The van der Waals surface area contributed by atoms with Crippen molar-refractivity contribution in [3.05, 3.63) is 63.4 Å². The highest BCUT2D eigenvalue weighted by Crippen LogP contribution is 2.22. The molecule has 26 heavy (non-hydrogen) atoms. The number of nitrogens with one attached hydrogen (secondary N) is 1. The predicted octanol–water partition coefficient (Wildman–Crippen LogP) is 4.34. The predicted molar refractivity (Wildman–Crippen MR) is 106 cm³/mol. The van der Waals surface area contributed by atoms with E-state index < -0.39 is 11.7 Å². The van der Waals surface area contributed by atoms with Crippen LogP contribution in [-0.2, 0) is 0 Å². The first kappa shape index (κ1) is 18.9. The Bertz CT molecular complexity index is 853. The van der Waals surface area contributed by atoms with E-state index in [0.717, 1.165) is 30.2 Å². The van der Waals surface area contributed by atoms with Gasteiger partial charge >= 0.3 is 0 Å². The van der Waals surface area contributed by atoms with Crippen molar-refractivity contribution in [2.45, 2.75) is 6.92 Å². The summed E-state index contributed by atoms with van der Waals surface area (Å²) in [5.74, 6) is 0.801. The van der Waals surface area contributed by atoms with Gasteiger partial charge in [-0.25, -0.2) is 4.39 Å². The van der Waals surface area contributed by atoms with Crippen molar-refractivity contribution in [3.8, 4) is 0 Å². The maximum atomic E-state index is 13.9. The van der Waals surface area contributed by atoms with E-state index in [0.29, 0.717) is 15.7 Å². The highest BCUT2D eigenvalue weighted by molar-refractivity contribution is 9.10. The van der Waals surface area contributed by atoms with Gasteiger partial charge in [0.25, 0.3) is 11.8 Å². The molecule has 2 amide bonds. The SMILES string of the molecule is Cc1cc(C(=O)N2CCSCC2)ccc1NC(=O)c1cc(Br)ccc1F. The van der Waals surface area contributed by atoms with Gasteiger partial charge < -0.3 is 10.2 Å². The number of hydrogen-bond acceptors (Lipinski definition) is 3. The fraction of sp³-hybridized carbons (Fsp3) is 0.263. The van der Waals surface area contributed by atoms with Gasteiger partial charge in [-0.3, -0.25) is 9.59 Å². The molecule has 2 aromatic rings. The molecule has 1 N–H and O–H groups in total. The van der Waals surface area contributed by atoms with Gasteiger partial charge in [0, 0.05) is 40.3 Å². The third kappa shape index (κ3) is 4.27. The first-order valence-corrected chi connectivity index (χ1v) is 10.1. The van der Waals surface area contributed by atoms with Crippen molar-refractivity contribution in [3.63, 3.8) is 0 Å². The van der Waals surface area contributed by atoms with Gasteiger partial charge in [-0.1, -0.05) is 15.9 Å². The number of anilines is 1. The number of halogens is 2. The minimum Gasteiger partial charge on any atom is -0.337 e. The van der Waals surface area contributed by atoms with Crippen LogP contribution in [-0.4, -0.2) is 41.3 Å². The molecule has 0 unspecified atom stereocenters. The van der Waals surface area contributed by atoms with Crippen LogP contribution in [0.5, 0.6) is 0 Å². The minimum absolute atomic E-state index is 0.00399. The molecule has 3 rings (SSSR count). The topological polar surface area (TPSA) is 49.4 Å². The smallest absolute Gasteiger partial charge is 0.258 e. The summed E-state index contributed by atoms with van der Waals surface area (Å²) in [7, 11) is 0. The van der Waals surface area contributed by atoms with E-state index in [-0.39, 0.29) is 11.5 Å². The van der Waals surface area contributed by atoms with Crippen LogP contribution in [0, 0.1) is 12.7 Å². The van der Waals surface area contributed by atoms with E-state index in [1.54, 1.807) is 18.2 Å². The largest absolute Gasteiger partial charge is 0.337 e. The van der Waals surface area contributed by atoms with Crippen LogP contribution in [0.25, 0.3) is 0 Å². The monoisotopic (exact) mass is 436 g/mol. The van der Waals surface area contributed by atoms with E-state index in [1.807, 2.05) is 23.6 Å². The molecule has 0 aromatic heterocycles. The third-order valence-corrected chi connectivity index (χ3v) is 5.63. The van der Waals surface area contributed by atoms with Crippen molar-refractivity contribution in [2.75, 3.05) is 29.9 Å². The van der Waals surface area contributed by atoms with Gasteiger partial charge in [0.15, 0.2) is 0 Å². The molecule has 1 aliphatic rings. The molecule has 7 heteroatoms. The molecule has 0 aliphatic carbocycles. The first-order valence-electron chi connectivity index (χ1n) is 8.20. The van der Waals surface area contributed by atoms with Crippen molar-refractivity contribution in [2.24, 2.45) is 0 Å². The summed E-state index contributed by atoms with van der Waals surface area (Å²) in [6, 6.07) is 9.36. The molecule has 2 aromatic carbocycles. The Morgan fingerprint density at radius 2 is 1.88 bits per heavy atom. The summed E-state index contributed by atoms with van der Waals surface area (Å²) >= 11 is 5.09. The molecule has 1 heterocycles. The van der Waals surface area contributed by atoms with Crippen LogP contribution in [0.15, 0.2) is 40.9 Å². The Morgan fingerprint density at radius 3 is 2.58 bits per heavy atom. The zero-order valence-electron chi connectivity index (χ0n) is 14.2. The van der Waals surface area contributed by atoms with Crippen molar-refractivity contribution in [1.29, 1.82) is 0 Å². The van der Waals surface area contributed by atoms with E-state index >= 15 is 0 Å². The number of carbonyl (C=O) groups is 2. The highest BCUT2D eigenvalue weighted by Gasteiger charge is 2.19. The van der Waals surface area contributed by atoms with E-state index in [4.69, 9.17) is 0 Å². The quantitative estimate of drug-likeness (QED) is 0.778. The second-order valence-electron chi connectivity index (χ2n) is 6.01. The van der Waals surface area contributed by atoms with Crippen molar-refractivity contribution >= 4 is 45.2 Å². The molecule has 0 saturated carbocycles. The molecule has 4 nitrogen and oxygen atoms in total. The van der Waals surface area contributed by atoms with Gasteiger partial charge in [0.2, 0.25) is 0 Å². The van der Waals surface area contributed by atoms with E-state index in [2.05, 4.69) is 21.2 Å². The Morgan fingerprint density at radius 1 is 1.15 bits per heavy atom. The zero-order valence-corrected chi connectivity index (χ0v) is 16.6. The second kappa shape index (κ2) is 8.22. The molecular weight excluding hydrogens is 419 g/mol. The molecule has 0 atom stereocenters. The lowest BCUT2D eigenvalue weighted by atomic mass is 10.1. The maximum Gasteiger partial charge on any atom is 0.258 e. The minimum atomic E-state index is -0.585. The van der Waals surface area contributed by atoms with Gasteiger partial charge in [-0.05, 0) is 48.9 Å². The maximum absolute atomic E-state index is 13.9. The second-order valence-corrected chi connectivity index (χ2v) is 8.15. The molecule has 0 radical (unpaired) electrons. The average molecular weight is 437 g/mol. The summed E-state index contributed by atoms with van der Waals surface area (Å²) in [5, 5.41) is 2.71. The van der Waals surface area contributed by atoms with Crippen molar-refractivity contribution < 1.29 is 14.0 Å². The van der Waals surface area contributed by atoms with Gasteiger partial charge in [0.1, 0.15) is 5.82 Å². The summed E-state index contributed by atoms with van der Waals surface area (Å²) in [6.07, 6.45) is 0. The molecule has 1 saturated heterocycles. The van der Waals surface area contributed by atoms with Crippen LogP contribution in [0.1, 0.15) is 26.3 Å². The summed E-state index contributed by atoms with van der Waals surface area (Å²) < 4.78 is 14.5. The fourth-order valence-electron chi connectivity index (χ4n) is 2.75. The van der Waals surface area contributed by atoms with Gasteiger partial charge in [-0.2, -0.15) is 11.8 Å². The molecule has 1 aliphatic heterocycles. The highest BCUT2D eigenvalue weighted by atomic mass is 79.9. The molecule has 0 spiro atoms. The number of carbonyl (C=O) groups excluding carboxylic acids is 2. The van der Waals surface area contributed by atoms with Crippen LogP contribution in [0.3, 0.4) is 0 Å². The van der Waals surface area contributed by atoms with E-state index in [9.17, 15) is 14.0 Å². The average Bonchev–Trinajstić information content (AvgIpc) is 2.65. The van der Waals surface area contributed by atoms with Gasteiger partial charge in [-0.15, -0.1) is 0 Å². The van der Waals surface area contributed by atoms with Crippen LogP contribution >= 0.6 is 27.7 Å². The zero-order chi connectivity index (χ0) is 18.7. The normalized spacial score (nSPS) is 14.2. The number of benzene rings is 2. The Kier molecular flexibility index (Phi) is 5.98. The van der Waals surface area contributed by atoms with E-state index in [1.165, 1.54) is 18.2 Å². The van der Waals surface area contributed by atoms with Gasteiger partial charge in [0.05, 0.1) is 5.56 Å². The molecule has 0 bridgehead atoms. The van der Waals surface area contributed by atoms with Crippen LogP contribution < -0.4 is 5.32 Å². The van der Waals surface area contributed by atoms with Crippen LogP contribution in [0.4, 0.5) is 10.1 Å². The number of nitrogens with zero attached hydrogens (tertiary/aromatic N) is 1. The lowest BCUT2D eigenvalue weighted by Crippen LogP contribution is -2.37. The number of hydrogen-bond donors (Lipinski definition) is 1. The summed E-state index contributed by atoms with van der Waals surface area (Å²) in [5.41, 5.74) is 1.87. The molecule has 1 fully saturated rings. The van der Waals surface area contributed by atoms with Crippen molar-refractivity contribution in [1.82, 2.24) is 4.90 Å². The fourth-order valence-corrected chi connectivity index (χ4v) is 4.01. The number of aryl methyl sites for hydroxylation is 1. The lowest BCUT2D eigenvalue weighted by molar-refractivity contribution is 0.0772. The van der Waals surface area contributed by atoms with Crippen LogP contribution in [0.2, 0.25) is 0 Å². The molecular formula is C19H18BrFN2O2S. The lowest BCUT2D eigenvalue weighted by Gasteiger charge is -2.26. The molecule has 136 valence electrons. The number of amides is 2. The Hall–Kier alpha value is -1.86. The number of rotatable bonds is 3. The Balaban J connectivity index is 1.76. The first-order chi connectivity index (χ1) is 12.5. The standard InChI is InChI=1S/C19H18BrFN2O2S/c1-12-10-13(19(25)23-6-8-26-9-7-23)2-5-17(12)22-18(24)15-11-14(20)3-4-16(15)21/h2-5,10-11H,6-9H2,1H3,(H,22,24). The number of thioether (sulfide) groups is 1. The third-order valence-electron chi connectivity index (χ3n) is 4.19. The Labute approximate surface area is 164 Å².